The van der Waals surface area contributed by atoms with E-state index in [0.717, 1.165) is 28.6 Å². The summed E-state index contributed by atoms with van der Waals surface area (Å²) in [6.07, 6.45) is 3.38. The zero-order chi connectivity index (χ0) is 13.2. The first kappa shape index (κ1) is 12.1. The maximum Gasteiger partial charge on any atom is 0.191 e. The van der Waals surface area contributed by atoms with Crippen LogP contribution in [0.15, 0.2) is 35.8 Å². The SMILES string of the molecule is CCCC(=O)c1nc(-c2c[nH]c3ccccc23)cs1. The number of carbonyl (C=O) groups excluding carboxylic acids is 1. The Bertz CT molecular complexity index is 726. The van der Waals surface area contributed by atoms with Crippen molar-refractivity contribution in [3.8, 4) is 11.3 Å². The van der Waals surface area contributed by atoms with Crippen molar-refractivity contribution in [2.75, 3.05) is 0 Å². The Kier molecular flexibility index (Phi) is 3.17. The molecule has 2 heterocycles. The third-order valence-corrected chi connectivity index (χ3v) is 3.97. The molecule has 0 aliphatic heterocycles. The number of hydrogen-bond acceptors (Lipinski definition) is 3. The standard InChI is InChI=1S/C15H14N2OS/c1-2-5-14(18)15-17-13(9-19-15)11-8-16-12-7-4-3-6-10(11)12/h3-4,6-9,16H,2,5H2,1H3. The van der Waals surface area contributed by atoms with Crippen molar-refractivity contribution in [3.63, 3.8) is 0 Å². The molecular formula is C15H14N2OS. The molecule has 0 amide bonds. The van der Waals surface area contributed by atoms with Crippen molar-refractivity contribution >= 4 is 28.0 Å². The Hall–Kier alpha value is -1.94. The Balaban J connectivity index is 2.01. The summed E-state index contributed by atoms with van der Waals surface area (Å²) in [5, 5.41) is 3.71. The second kappa shape index (κ2) is 4.97. The fourth-order valence-electron chi connectivity index (χ4n) is 2.14. The molecule has 3 aromatic rings. The van der Waals surface area contributed by atoms with Gasteiger partial charge in [0, 0.05) is 34.5 Å². The van der Waals surface area contributed by atoms with Gasteiger partial charge in [-0.3, -0.25) is 4.79 Å². The molecule has 3 rings (SSSR count). The molecule has 0 saturated carbocycles. The fourth-order valence-corrected chi connectivity index (χ4v) is 2.93. The van der Waals surface area contributed by atoms with Crippen LogP contribution in [0.4, 0.5) is 0 Å². The molecule has 0 unspecified atom stereocenters. The second-order valence-electron chi connectivity index (χ2n) is 4.46. The monoisotopic (exact) mass is 270 g/mol. The molecule has 0 aliphatic carbocycles. The number of aromatic amines is 1. The highest BCUT2D eigenvalue weighted by molar-refractivity contribution is 7.12. The fraction of sp³-hybridized carbons (Fsp3) is 0.200. The number of hydrogen-bond donors (Lipinski definition) is 1. The largest absolute Gasteiger partial charge is 0.360 e. The summed E-state index contributed by atoms with van der Waals surface area (Å²) in [5.41, 5.74) is 3.02. The maximum absolute atomic E-state index is 11.8. The summed E-state index contributed by atoms with van der Waals surface area (Å²) >= 11 is 1.43. The van der Waals surface area contributed by atoms with Crippen LogP contribution in [-0.4, -0.2) is 15.8 Å². The Morgan fingerprint density at radius 1 is 1.37 bits per heavy atom. The van der Waals surface area contributed by atoms with Gasteiger partial charge in [-0.05, 0) is 12.5 Å². The maximum atomic E-state index is 11.8. The molecule has 0 radical (unpaired) electrons. The van der Waals surface area contributed by atoms with E-state index in [0.29, 0.717) is 11.4 Å². The van der Waals surface area contributed by atoms with Gasteiger partial charge in [0.2, 0.25) is 0 Å². The minimum absolute atomic E-state index is 0.138. The van der Waals surface area contributed by atoms with Crippen LogP contribution in [0.25, 0.3) is 22.2 Å². The van der Waals surface area contributed by atoms with E-state index in [1.807, 2.05) is 36.7 Å². The van der Waals surface area contributed by atoms with Gasteiger partial charge >= 0.3 is 0 Å². The number of rotatable bonds is 4. The van der Waals surface area contributed by atoms with Crippen LogP contribution in [0.3, 0.4) is 0 Å². The summed E-state index contributed by atoms with van der Waals surface area (Å²) in [5.74, 6) is 0.138. The molecule has 0 bridgehead atoms. The highest BCUT2D eigenvalue weighted by Gasteiger charge is 2.13. The molecule has 0 atom stereocenters. The van der Waals surface area contributed by atoms with Gasteiger partial charge in [0.05, 0.1) is 5.69 Å². The number of thiazole rings is 1. The number of carbonyl (C=O) groups is 1. The zero-order valence-corrected chi connectivity index (χ0v) is 11.5. The molecular weight excluding hydrogens is 256 g/mol. The summed E-state index contributed by atoms with van der Waals surface area (Å²) in [7, 11) is 0. The molecule has 1 aromatic carbocycles. The molecule has 0 saturated heterocycles. The Labute approximate surface area is 115 Å². The minimum atomic E-state index is 0.138. The zero-order valence-electron chi connectivity index (χ0n) is 10.6. The van der Waals surface area contributed by atoms with Crippen LogP contribution in [0.5, 0.6) is 0 Å². The van der Waals surface area contributed by atoms with Gasteiger partial charge in [-0.25, -0.2) is 4.98 Å². The number of ketones is 1. The van der Waals surface area contributed by atoms with E-state index in [2.05, 4.69) is 16.0 Å². The number of benzene rings is 1. The average molecular weight is 270 g/mol. The molecule has 1 N–H and O–H groups in total. The lowest BCUT2D eigenvalue weighted by Gasteiger charge is -1.94. The van der Waals surface area contributed by atoms with Crippen molar-refractivity contribution in [2.24, 2.45) is 0 Å². The lowest BCUT2D eigenvalue weighted by Crippen LogP contribution is -1.96. The molecule has 96 valence electrons. The lowest BCUT2D eigenvalue weighted by atomic mass is 10.1. The van der Waals surface area contributed by atoms with Gasteiger partial charge in [-0.2, -0.15) is 0 Å². The van der Waals surface area contributed by atoms with Gasteiger partial charge < -0.3 is 4.98 Å². The van der Waals surface area contributed by atoms with Gasteiger partial charge in [0.15, 0.2) is 10.8 Å². The van der Waals surface area contributed by atoms with Crippen LogP contribution in [0.1, 0.15) is 29.6 Å². The highest BCUT2D eigenvalue weighted by Crippen LogP contribution is 2.29. The molecule has 2 aromatic heterocycles. The molecule has 4 heteroatoms. The number of fused-ring (bicyclic) bond motifs is 1. The van der Waals surface area contributed by atoms with Crippen LogP contribution in [0.2, 0.25) is 0 Å². The van der Waals surface area contributed by atoms with E-state index < -0.39 is 0 Å². The topological polar surface area (TPSA) is 45.8 Å². The van der Waals surface area contributed by atoms with Crippen LogP contribution in [0, 0.1) is 0 Å². The first-order chi connectivity index (χ1) is 9.29. The van der Waals surface area contributed by atoms with Crippen molar-refractivity contribution in [2.45, 2.75) is 19.8 Å². The summed E-state index contributed by atoms with van der Waals surface area (Å²) < 4.78 is 0. The predicted octanol–water partition coefficient (Wildman–Crippen LogP) is 4.27. The van der Waals surface area contributed by atoms with E-state index in [9.17, 15) is 4.79 Å². The number of aromatic nitrogens is 2. The van der Waals surface area contributed by atoms with E-state index in [1.54, 1.807) is 0 Å². The third kappa shape index (κ3) is 2.19. The van der Waals surface area contributed by atoms with E-state index in [4.69, 9.17) is 0 Å². The van der Waals surface area contributed by atoms with E-state index in [1.165, 1.54) is 11.3 Å². The lowest BCUT2D eigenvalue weighted by molar-refractivity contribution is 0.0981. The summed E-state index contributed by atoms with van der Waals surface area (Å²) in [6.45, 7) is 2.01. The Morgan fingerprint density at radius 2 is 2.21 bits per heavy atom. The summed E-state index contributed by atoms with van der Waals surface area (Å²) in [4.78, 5) is 19.5. The smallest absolute Gasteiger partial charge is 0.191 e. The van der Waals surface area contributed by atoms with Crippen molar-refractivity contribution < 1.29 is 4.79 Å². The van der Waals surface area contributed by atoms with Gasteiger partial charge in [0.25, 0.3) is 0 Å². The van der Waals surface area contributed by atoms with E-state index in [-0.39, 0.29) is 5.78 Å². The van der Waals surface area contributed by atoms with Crippen LogP contribution < -0.4 is 0 Å². The third-order valence-electron chi connectivity index (χ3n) is 3.08. The average Bonchev–Trinajstić information content (AvgIpc) is 3.05. The number of para-hydroxylation sites is 1. The van der Waals surface area contributed by atoms with Crippen molar-refractivity contribution in [1.29, 1.82) is 0 Å². The van der Waals surface area contributed by atoms with Crippen molar-refractivity contribution in [1.82, 2.24) is 9.97 Å². The van der Waals surface area contributed by atoms with Gasteiger partial charge in [0.1, 0.15) is 0 Å². The minimum Gasteiger partial charge on any atom is -0.360 e. The first-order valence-electron chi connectivity index (χ1n) is 6.35. The molecule has 0 spiro atoms. The number of Topliss-reactive ketones (excluding diaryl/α,β-unsaturated/α-hetero) is 1. The molecule has 0 fully saturated rings. The molecule has 0 aliphatic rings. The van der Waals surface area contributed by atoms with Crippen molar-refractivity contribution in [3.05, 3.63) is 40.8 Å². The normalized spacial score (nSPS) is 11.0. The van der Waals surface area contributed by atoms with Crippen LogP contribution in [-0.2, 0) is 0 Å². The first-order valence-corrected chi connectivity index (χ1v) is 7.22. The van der Waals surface area contributed by atoms with E-state index >= 15 is 0 Å². The molecule has 3 nitrogen and oxygen atoms in total. The number of H-pyrrole nitrogens is 1. The summed E-state index contributed by atoms with van der Waals surface area (Å²) in [6, 6.07) is 8.11. The number of nitrogens with one attached hydrogen (secondary N) is 1. The van der Waals surface area contributed by atoms with Gasteiger partial charge in [-0.15, -0.1) is 11.3 Å². The van der Waals surface area contributed by atoms with Crippen LogP contribution >= 0.6 is 11.3 Å². The quantitative estimate of drug-likeness (QED) is 0.719. The number of nitrogens with zero attached hydrogens (tertiary/aromatic N) is 1. The molecule has 19 heavy (non-hydrogen) atoms. The second-order valence-corrected chi connectivity index (χ2v) is 5.32. The Morgan fingerprint density at radius 3 is 3.05 bits per heavy atom. The predicted molar refractivity (Wildman–Crippen MR) is 78.6 cm³/mol. The highest BCUT2D eigenvalue weighted by atomic mass is 32.1. The van der Waals surface area contributed by atoms with Gasteiger partial charge in [-0.1, -0.05) is 25.1 Å².